The van der Waals surface area contributed by atoms with Crippen LogP contribution >= 0.6 is 0 Å². The van der Waals surface area contributed by atoms with E-state index in [-0.39, 0.29) is 25.4 Å². The fourth-order valence-electron chi connectivity index (χ4n) is 2.88. The van der Waals surface area contributed by atoms with E-state index in [1.54, 1.807) is 0 Å². The summed E-state index contributed by atoms with van der Waals surface area (Å²) >= 11 is 0. The molecule has 0 atom stereocenters. The van der Waals surface area contributed by atoms with E-state index in [0.717, 1.165) is 5.56 Å². The molecular formula is C16H20F2O3. The van der Waals surface area contributed by atoms with Crippen molar-refractivity contribution in [3.63, 3.8) is 0 Å². The van der Waals surface area contributed by atoms with Crippen LogP contribution in [0.2, 0.25) is 0 Å². The normalized spacial score (nSPS) is 26.4. The second-order valence-electron chi connectivity index (χ2n) is 5.51. The van der Waals surface area contributed by atoms with Gasteiger partial charge in [0.25, 0.3) is 0 Å². The lowest BCUT2D eigenvalue weighted by molar-refractivity contribution is -0.221. The summed E-state index contributed by atoms with van der Waals surface area (Å²) in [6.07, 6.45) is 0.627. The van der Waals surface area contributed by atoms with Crippen LogP contribution in [0.5, 0.6) is 0 Å². The van der Waals surface area contributed by atoms with Gasteiger partial charge >= 0.3 is 11.9 Å². The highest BCUT2D eigenvalue weighted by Gasteiger charge is 2.60. The van der Waals surface area contributed by atoms with Crippen molar-refractivity contribution in [1.29, 1.82) is 0 Å². The Bertz CT molecular complexity index is 480. The summed E-state index contributed by atoms with van der Waals surface area (Å²) in [6, 6.07) is 9.63. The number of alkyl halides is 2. The number of esters is 1. The Labute approximate surface area is 122 Å². The maximum Gasteiger partial charge on any atom is 0.380 e. The summed E-state index contributed by atoms with van der Waals surface area (Å²) in [5.74, 6) is -5.35. The van der Waals surface area contributed by atoms with Crippen LogP contribution in [0.1, 0.15) is 44.1 Å². The molecule has 3 nitrogen and oxygen atoms in total. The number of ether oxygens (including phenoxy) is 1. The zero-order valence-corrected chi connectivity index (χ0v) is 12.0. The summed E-state index contributed by atoms with van der Waals surface area (Å²) in [4.78, 5) is 11.4. The molecule has 1 N–H and O–H groups in total. The van der Waals surface area contributed by atoms with Crippen LogP contribution in [0.15, 0.2) is 30.3 Å². The highest BCUT2D eigenvalue weighted by atomic mass is 19.3. The first kappa shape index (κ1) is 15.9. The molecule has 0 aromatic heterocycles. The second kappa shape index (κ2) is 6.10. The lowest BCUT2D eigenvalue weighted by Crippen LogP contribution is -2.55. The molecular weight excluding hydrogens is 278 g/mol. The SMILES string of the molecule is CCOC(=O)C(F)(F)[C@]1(O)CC[C@@H](c2ccccc2)CC1. The molecule has 0 bridgehead atoms. The lowest BCUT2D eigenvalue weighted by Gasteiger charge is -2.39. The van der Waals surface area contributed by atoms with Gasteiger partial charge in [0.15, 0.2) is 0 Å². The minimum atomic E-state index is -3.86. The molecule has 5 heteroatoms. The number of carbonyl (C=O) groups is 1. The summed E-state index contributed by atoms with van der Waals surface area (Å²) < 4.78 is 32.5. The number of hydrogen-bond donors (Lipinski definition) is 1. The zero-order valence-electron chi connectivity index (χ0n) is 12.0. The quantitative estimate of drug-likeness (QED) is 0.868. The third-order valence-corrected chi connectivity index (χ3v) is 4.20. The van der Waals surface area contributed by atoms with Crippen molar-refractivity contribution in [2.75, 3.05) is 6.61 Å². The van der Waals surface area contributed by atoms with Crippen molar-refractivity contribution in [2.24, 2.45) is 0 Å². The van der Waals surface area contributed by atoms with E-state index in [0.29, 0.717) is 12.8 Å². The average molecular weight is 298 g/mol. The highest BCUT2D eigenvalue weighted by molar-refractivity contribution is 5.79. The van der Waals surface area contributed by atoms with Gasteiger partial charge in [0.1, 0.15) is 5.60 Å². The van der Waals surface area contributed by atoms with Crippen LogP contribution in [0.4, 0.5) is 8.78 Å². The van der Waals surface area contributed by atoms with Gasteiger partial charge in [-0.05, 0) is 44.1 Å². The maximum absolute atomic E-state index is 14.1. The zero-order chi connectivity index (χ0) is 15.5. The molecule has 0 unspecified atom stereocenters. The smallest absolute Gasteiger partial charge is 0.380 e. The van der Waals surface area contributed by atoms with Gasteiger partial charge in [-0.2, -0.15) is 8.78 Å². The minimum absolute atomic E-state index is 0.113. The molecule has 116 valence electrons. The first-order valence-electron chi connectivity index (χ1n) is 7.23. The number of carbonyl (C=O) groups excluding carboxylic acids is 1. The minimum Gasteiger partial charge on any atom is -0.461 e. The van der Waals surface area contributed by atoms with Crippen LogP contribution in [0.3, 0.4) is 0 Å². The molecule has 0 amide bonds. The number of halogens is 2. The predicted octanol–water partition coefficient (Wildman–Crippen LogP) is 3.27. The molecule has 1 aromatic carbocycles. The first-order chi connectivity index (χ1) is 9.90. The topological polar surface area (TPSA) is 46.5 Å². The lowest BCUT2D eigenvalue weighted by atomic mass is 9.73. The fourth-order valence-corrected chi connectivity index (χ4v) is 2.88. The molecule has 0 spiro atoms. The van der Waals surface area contributed by atoms with Gasteiger partial charge in [-0.1, -0.05) is 30.3 Å². The van der Waals surface area contributed by atoms with E-state index in [1.807, 2.05) is 30.3 Å². The van der Waals surface area contributed by atoms with Gasteiger partial charge in [-0.3, -0.25) is 0 Å². The number of benzene rings is 1. The highest BCUT2D eigenvalue weighted by Crippen LogP contribution is 2.45. The molecule has 0 saturated heterocycles. The Balaban J connectivity index is 2.06. The van der Waals surface area contributed by atoms with Crippen LogP contribution in [-0.2, 0) is 9.53 Å². The standard InChI is InChI=1S/C16H20F2O3/c1-2-21-14(19)16(17,18)15(20)10-8-13(9-11-15)12-6-4-3-5-7-12/h3-7,13,20H,2,8-11H2,1H3/t13-,15+. The Morgan fingerprint density at radius 3 is 2.43 bits per heavy atom. The fraction of sp³-hybridized carbons (Fsp3) is 0.562. The van der Waals surface area contributed by atoms with Gasteiger partial charge in [0, 0.05) is 0 Å². The van der Waals surface area contributed by atoms with Gasteiger partial charge in [0.05, 0.1) is 6.61 Å². The Morgan fingerprint density at radius 1 is 1.33 bits per heavy atom. The molecule has 1 saturated carbocycles. The van der Waals surface area contributed by atoms with Crippen molar-refractivity contribution in [1.82, 2.24) is 0 Å². The number of hydrogen-bond acceptors (Lipinski definition) is 3. The van der Waals surface area contributed by atoms with Crippen LogP contribution < -0.4 is 0 Å². The number of aliphatic hydroxyl groups is 1. The van der Waals surface area contributed by atoms with E-state index in [1.165, 1.54) is 6.92 Å². The van der Waals surface area contributed by atoms with Gasteiger partial charge in [0.2, 0.25) is 0 Å². The van der Waals surface area contributed by atoms with E-state index in [4.69, 9.17) is 0 Å². The van der Waals surface area contributed by atoms with Crippen LogP contribution in [0.25, 0.3) is 0 Å². The molecule has 1 fully saturated rings. The Morgan fingerprint density at radius 2 is 1.90 bits per heavy atom. The second-order valence-corrected chi connectivity index (χ2v) is 5.51. The Kier molecular flexibility index (Phi) is 4.61. The van der Waals surface area contributed by atoms with E-state index in [9.17, 15) is 18.7 Å². The van der Waals surface area contributed by atoms with Gasteiger partial charge in [-0.25, -0.2) is 4.79 Å². The van der Waals surface area contributed by atoms with E-state index in [2.05, 4.69) is 4.74 Å². The molecule has 2 rings (SSSR count). The molecule has 1 aromatic rings. The van der Waals surface area contributed by atoms with Crippen molar-refractivity contribution < 1.29 is 23.4 Å². The molecule has 1 aliphatic rings. The monoisotopic (exact) mass is 298 g/mol. The van der Waals surface area contributed by atoms with Crippen molar-refractivity contribution >= 4 is 5.97 Å². The summed E-state index contributed by atoms with van der Waals surface area (Å²) in [5.41, 5.74) is -1.22. The van der Waals surface area contributed by atoms with E-state index < -0.39 is 17.5 Å². The Hall–Kier alpha value is -1.49. The van der Waals surface area contributed by atoms with E-state index >= 15 is 0 Å². The van der Waals surface area contributed by atoms with Gasteiger partial charge in [-0.15, -0.1) is 0 Å². The molecule has 1 aliphatic carbocycles. The summed E-state index contributed by atoms with van der Waals surface area (Å²) in [7, 11) is 0. The van der Waals surface area contributed by atoms with Crippen LogP contribution in [0, 0.1) is 0 Å². The molecule has 0 radical (unpaired) electrons. The maximum atomic E-state index is 14.1. The molecule has 21 heavy (non-hydrogen) atoms. The van der Waals surface area contributed by atoms with Crippen molar-refractivity contribution in [3.05, 3.63) is 35.9 Å². The average Bonchev–Trinajstić information content (AvgIpc) is 2.49. The summed E-state index contributed by atoms with van der Waals surface area (Å²) in [5, 5.41) is 10.2. The van der Waals surface area contributed by atoms with Gasteiger partial charge < -0.3 is 9.84 Å². The van der Waals surface area contributed by atoms with Crippen molar-refractivity contribution in [3.8, 4) is 0 Å². The number of rotatable bonds is 4. The molecule has 0 heterocycles. The largest absolute Gasteiger partial charge is 0.461 e. The third-order valence-electron chi connectivity index (χ3n) is 4.20. The first-order valence-corrected chi connectivity index (χ1v) is 7.23. The predicted molar refractivity (Wildman–Crippen MR) is 74.2 cm³/mol. The van der Waals surface area contributed by atoms with Crippen molar-refractivity contribution in [2.45, 2.75) is 50.0 Å². The third kappa shape index (κ3) is 3.07. The molecule has 0 aliphatic heterocycles. The summed E-state index contributed by atoms with van der Waals surface area (Å²) in [6.45, 7) is 1.33. The van der Waals surface area contributed by atoms with Crippen LogP contribution in [-0.4, -0.2) is 29.2 Å².